The third-order valence-electron chi connectivity index (χ3n) is 1.34. The molecule has 2 N–H and O–H groups in total. The molecule has 0 bridgehead atoms. The van der Waals surface area contributed by atoms with Gasteiger partial charge in [0.05, 0.1) is 12.2 Å². The highest BCUT2D eigenvalue weighted by atomic mass is 17.2. The van der Waals surface area contributed by atoms with Gasteiger partial charge in [0, 0.05) is 18.1 Å². The normalized spacial score (nSPS) is 12.6. The second kappa shape index (κ2) is 6.24. The highest BCUT2D eigenvalue weighted by Gasteiger charge is 2.13. The van der Waals surface area contributed by atoms with E-state index in [0.29, 0.717) is 6.08 Å². The molecule has 92 valence electrons. The molecule has 0 aromatic heterocycles. The third kappa shape index (κ3) is 7.95. The Kier molecular flexibility index (Phi) is 5.69. The van der Waals surface area contributed by atoms with Crippen LogP contribution in [0.25, 0.3) is 0 Å². The molecule has 0 fully saturated rings. The summed E-state index contributed by atoms with van der Waals surface area (Å²) in [5, 5.41) is 17.1. The van der Waals surface area contributed by atoms with Crippen molar-refractivity contribution in [2.24, 2.45) is 0 Å². The summed E-state index contributed by atoms with van der Waals surface area (Å²) >= 11 is 0. The lowest BCUT2D eigenvalue weighted by atomic mass is 10.2. The van der Waals surface area contributed by atoms with Crippen molar-refractivity contribution in [1.29, 1.82) is 0 Å². The zero-order chi connectivity index (χ0) is 12.8. The Morgan fingerprint density at radius 1 is 1.25 bits per heavy atom. The summed E-state index contributed by atoms with van der Waals surface area (Å²) in [5.41, 5.74) is -0.718. The van der Waals surface area contributed by atoms with Crippen LogP contribution in [0.3, 0.4) is 0 Å². The minimum absolute atomic E-state index is 0.0112. The van der Waals surface area contributed by atoms with Gasteiger partial charge in [0.2, 0.25) is 0 Å². The second-order valence-electron chi connectivity index (χ2n) is 4.08. The Morgan fingerprint density at radius 2 is 1.81 bits per heavy atom. The quantitative estimate of drug-likeness (QED) is 0.309. The Balaban J connectivity index is 4.06. The first-order chi connectivity index (χ1) is 7.22. The maximum atomic E-state index is 10.6. The molecule has 0 saturated carbocycles. The first-order valence-corrected chi connectivity index (χ1v) is 4.70. The lowest BCUT2D eigenvalue weighted by Crippen LogP contribution is -2.20. The van der Waals surface area contributed by atoms with Crippen LogP contribution in [0, 0.1) is 0 Å². The standard InChI is InChI=1S/C10H16O6/c1-10(2,3)16-15-5-4-7(9(13)14)6-8(11)12/h6H,4-5H2,1-3H3,(H,11,12)(H,13,14). The van der Waals surface area contributed by atoms with Crippen molar-refractivity contribution in [2.45, 2.75) is 32.8 Å². The summed E-state index contributed by atoms with van der Waals surface area (Å²) in [7, 11) is 0. The van der Waals surface area contributed by atoms with Gasteiger partial charge in [0.1, 0.15) is 0 Å². The summed E-state index contributed by atoms with van der Waals surface area (Å²) in [5.74, 6) is -2.57. The molecule has 0 aromatic carbocycles. The van der Waals surface area contributed by atoms with Gasteiger partial charge in [-0.15, -0.1) is 0 Å². The van der Waals surface area contributed by atoms with Crippen LogP contribution < -0.4 is 0 Å². The Morgan fingerprint density at radius 3 is 2.19 bits per heavy atom. The van der Waals surface area contributed by atoms with E-state index in [1.165, 1.54) is 0 Å². The van der Waals surface area contributed by atoms with E-state index in [2.05, 4.69) is 0 Å². The molecule has 0 aliphatic heterocycles. The first kappa shape index (κ1) is 14.6. The van der Waals surface area contributed by atoms with Crippen LogP contribution in [0.5, 0.6) is 0 Å². The van der Waals surface area contributed by atoms with E-state index in [4.69, 9.17) is 20.0 Å². The van der Waals surface area contributed by atoms with Crippen LogP contribution in [0.1, 0.15) is 27.2 Å². The van der Waals surface area contributed by atoms with E-state index in [1.807, 2.05) is 0 Å². The lowest BCUT2D eigenvalue weighted by Gasteiger charge is -2.17. The predicted octanol–water partition coefficient (Wildman–Crippen LogP) is 1.22. The highest BCUT2D eigenvalue weighted by molar-refractivity contribution is 5.94. The van der Waals surface area contributed by atoms with Crippen LogP contribution in [0.15, 0.2) is 11.6 Å². The third-order valence-corrected chi connectivity index (χ3v) is 1.34. The predicted molar refractivity (Wildman–Crippen MR) is 54.8 cm³/mol. The zero-order valence-corrected chi connectivity index (χ0v) is 9.52. The summed E-state index contributed by atoms with van der Waals surface area (Å²) in [6, 6.07) is 0. The molecule has 0 saturated heterocycles. The van der Waals surface area contributed by atoms with Crippen LogP contribution >= 0.6 is 0 Å². The number of rotatable bonds is 6. The SMILES string of the molecule is CC(C)(C)OOCCC(=CC(=O)O)C(=O)O. The largest absolute Gasteiger partial charge is 0.478 e. The number of aliphatic carboxylic acids is 2. The zero-order valence-electron chi connectivity index (χ0n) is 9.52. The van der Waals surface area contributed by atoms with Gasteiger partial charge >= 0.3 is 11.9 Å². The van der Waals surface area contributed by atoms with Crippen molar-refractivity contribution < 1.29 is 29.6 Å². The summed E-state index contributed by atoms with van der Waals surface area (Å²) in [6.45, 7) is 5.32. The van der Waals surface area contributed by atoms with Crippen molar-refractivity contribution in [3.63, 3.8) is 0 Å². The monoisotopic (exact) mass is 232 g/mol. The molecular weight excluding hydrogens is 216 g/mol. The number of carboxylic acids is 2. The fraction of sp³-hybridized carbons (Fsp3) is 0.600. The summed E-state index contributed by atoms with van der Waals surface area (Å²) < 4.78 is 0. The molecule has 0 aliphatic carbocycles. The molecule has 0 atom stereocenters. The van der Waals surface area contributed by atoms with Gasteiger partial charge in [-0.2, -0.15) is 0 Å². The first-order valence-electron chi connectivity index (χ1n) is 4.70. The van der Waals surface area contributed by atoms with E-state index in [-0.39, 0.29) is 18.6 Å². The Hall–Kier alpha value is -1.40. The van der Waals surface area contributed by atoms with Gasteiger partial charge in [-0.1, -0.05) is 0 Å². The summed E-state index contributed by atoms with van der Waals surface area (Å²) in [4.78, 5) is 30.6. The fourth-order valence-corrected chi connectivity index (χ4v) is 0.760. The van der Waals surface area contributed by atoms with E-state index < -0.39 is 17.5 Å². The Bertz CT molecular complexity index is 286. The molecule has 16 heavy (non-hydrogen) atoms. The van der Waals surface area contributed by atoms with Gasteiger partial charge in [-0.25, -0.2) is 19.4 Å². The van der Waals surface area contributed by atoms with Gasteiger partial charge in [0.25, 0.3) is 0 Å². The average molecular weight is 232 g/mol. The molecular formula is C10H16O6. The van der Waals surface area contributed by atoms with Gasteiger partial charge in [-0.05, 0) is 20.8 Å². The maximum Gasteiger partial charge on any atom is 0.331 e. The number of carbonyl (C=O) groups is 2. The molecule has 0 aliphatic rings. The highest BCUT2D eigenvalue weighted by Crippen LogP contribution is 2.09. The molecule has 0 amide bonds. The van der Waals surface area contributed by atoms with Crippen molar-refractivity contribution in [3.8, 4) is 0 Å². The number of hydrogen-bond acceptors (Lipinski definition) is 4. The smallest absolute Gasteiger partial charge is 0.331 e. The van der Waals surface area contributed by atoms with Gasteiger partial charge in [0.15, 0.2) is 0 Å². The van der Waals surface area contributed by atoms with E-state index in [0.717, 1.165) is 0 Å². The minimum atomic E-state index is -1.30. The van der Waals surface area contributed by atoms with Gasteiger partial charge < -0.3 is 10.2 Å². The van der Waals surface area contributed by atoms with E-state index >= 15 is 0 Å². The Labute approximate surface area is 93.4 Å². The van der Waals surface area contributed by atoms with Crippen molar-refractivity contribution in [3.05, 3.63) is 11.6 Å². The van der Waals surface area contributed by atoms with Crippen molar-refractivity contribution in [2.75, 3.05) is 6.61 Å². The fourth-order valence-electron chi connectivity index (χ4n) is 0.760. The van der Waals surface area contributed by atoms with Crippen LogP contribution in [0.4, 0.5) is 0 Å². The molecule has 6 nitrogen and oxygen atoms in total. The van der Waals surface area contributed by atoms with E-state index in [1.54, 1.807) is 20.8 Å². The molecule has 0 rings (SSSR count). The number of carboxylic acid groups (broad SMARTS) is 2. The molecule has 0 radical (unpaired) electrons. The number of hydrogen-bond donors (Lipinski definition) is 2. The van der Waals surface area contributed by atoms with Gasteiger partial charge in [-0.3, -0.25) is 0 Å². The second-order valence-corrected chi connectivity index (χ2v) is 4.08. The lowest BCUT2D eigenvalue weighted by molar-refractivity contribution is -0.347. The molecule has 0 heterocycles. The molecule has 0 aromatic rings. The van der Waals surface area contributed by atoms with Crippen LogP contribution in [-0.4, -0.2) is 34.4 Å². The van der Waals surface area contributed by atoms with Crippen LogP contribution in [-0.2, 0) is 19.4 Å². The molecule has 0 spiro atoms. The van der Waals surface area contributed by atoms with E-state index in [9.17, 15) is 9.59 Å². The molecule has 0 unspecified atom stereocenters. The maximum absolute atomic E-state index is 10.6. The average Bonchev–Trinajstić information content (AvgIpc) is 2.07. The molecule has 6 heteroatoms. The van der Waals surface area contributed by atoms with Crippen LogP contribution in [0.2, 0.25) is 0 Å². The topological polar surface area (TPSA) is 93.1 Å². The summed E-state index contributed by atoms with van der Waals surface area (Å²) in [6.07, 6.45) is 0.612. The van der Waals surface area contributed by atoms with Crippen molar-refractivity contribution >= 4 is 11.9 Å². The van der Waals surface area contributed by atoms with Crippen molar-refractivity contribution in [1.82, 2.24) is 0 Å². The minimum Gasteiger partial charge on any atom is -0.478 e.